The van der Waals surface area contributed by atoms with E-state index < -0.39 is 0 Å². The molecule has 1 heterocycles. The maximum Gasteiger partial charge on any atom is 0.0298 e. The van der Waals surface area contributed by atoms with Crippen molar-refractivity contribution in [2.24, 2.45) is 0 Å². The van der Waals surface area contributed by atoms with Crippen LogP contribution in [0.5, 0.6) is 0 Å². The third kappa shape index (κ3) is 3.67. The normalized spacial score (nSPS) is 16.8. The van der Waals surface area contributed by atoms with Gasteiger partial charge in [0.1, 0.15) is 0 Å². The summed E-state index contributed by atoms with van der Waals surface area (Å²) in [7, 11) is 0. The highest BCUT2D eigenvalue weighted by Crippen LogP contribution is 2.25. The molecule has 0 saturated heterocycles. The second-order valence-corrected chi connectivity index (χ2v) is 3.30. The molecular weight excluding hydrogens is 182 g/mol. The molecule has 15 heavy (non-hydrogen) atoms. The summed E-state index contributed by atoms with van der Waals surface area (Å²) in [6, 6.07) is 7.23. The molecule has 0 radical (unpaired) electrons. The fourth-order valence-electron chi connectivity index (χ4n) is 1.65. The lowest BCUT2D eigenvalue weighted by Crippen LogP contribution is -2.06. The molecule has 1 unspecified atom stereocenters. The molecule has 0 saturated carbocycles. The van der Waals surface area contributed by atoms with Crippen molar-refractivity contribution in [1.29, 1.82) is 0 Å². The van der Waals surface area contributed by atoms with E-state index >= 15 is 0 Å². The predicted molar refractivity (Wildman–Crippen MR) is 69.1 cm³/mol. The van der Waals surface area contributed by atoms with Crippen LogP contribution < -0.4 is 5.32 Å². The monoisotopic (exact) mass is 207 g/mol. The number of rotatable bonds is 0. The summed E-state index contributed by atoms with van der Waals surface area (Å²) >= 11 is 0. The third-order valence-electron chi connectivity index (χ3n) is 2.37. The van der Waals surface area contributed by atoms with E-state index in [0.29, 0.717) is 6.04 Å². The van der Waals surface area contributed by atoms with Gasteiger partial charge in [0.05, 0.1) is 0 Å². The number of aryl methyl sites for hydroxylation is 1. The van der Waals surface area contributed by atoms with Crippen LogP contribution >= 0.6 is 0 Å². The predicted octanol–water partition coefficient (Wildman–Crippen LogP) is 4.21. The molecule has 1 atom stereocenters. The van der Waals surface area contributed by atoms with Crippen LogP contribution in [-0.2, 0) is 6.54 Å². The summed E-state index contributed by atoms with van der Waals surface area (Å²) in [4.78, 5) is 0. The first-order valence-electron chi connectivity index (χ1n) is 6.10. The average molecular weight is 207 g/mol. The maximum absolute atomic E-state index is 3.41. The molecule has 86 valence electrons. The van der Waals surface area contributed by atoms with Crippen LogP contribution in [-0.4, -0.2) is 0 Å². The Morgan fingerprint density at radius 1 is 1.13 bits per heavy atom. The molecular formula is C14H25N. The lowest BCUT2D eigenvalue weighted by molar-refractivity contribution is 0.633. The van der Waals surface area contributed by atoms with Gasteiger partial charge in [0.25, 0.3) is 0 Å². The average Bonchev–Trinajstić information content (AvgIpc) is 2.66. The van der Waals surface area contributed by atoms with E-state index in [1.54, 1.807) is 0 Å². The largest absolute Gasteiger partial charge is 0.306 e. The molecule has 1 aromatic rings. The molecule has 1 heteroatoms. The summed E-state index contributed by atoms with van der Waals surface area (Å²) < 4.78 is 0. The summed E-state index contributed by atoms with van der Waals surface area (Å²) in [5, 5.41) is 3.41. The minimum atomic E-state index is 0.546. The topological polar surface area (TPSA) is 12.0 Å². The van der Waals surface area contributed by atoms with E-state index in [2.05, 4.69) is 37.4 Å². The zero-order valence-corrected chi connectivity index (χ0v) is 11.0. The van der Waals surface area contributed by atoms with Crippen LogP contribution in [0, 0.1) is 6.92 Å². The molecule has 1 N–H and O–H groups in total. The molecule has 0 amide bonds. The lowest BCUT2D eigenvalue weighted by atomic mass is 10.0. The molecule has 0 aromatic heterocycles. The highest BCUT2D eigenvalue weighted by molar-refractivity contribution is 5.36. The van der Waals surface area contributed by atoms with E-state index in [9.17, 15) is 0 Å². The van der Waals surface area contributed by atoms with Crippen molar-refractivity contribution in [2.75, 3.05) is 0 Å². The van der Waals surface area contributed by atoms with Crippen molar-refractivity contribution in [3.63, 3.8) is 0 Å². The van der Waals surface area contributed by atoms with Gasteiger partial charge in [0.15, 0.2) is 0 Å². The Morgan fingerprint density at radius 2 is 1.73 bits per heavy atom. The van der Waals surface area contributed by atoms with Gasteiger partial charge in [0.2, 0.25) is 0 Å². The Hall–Kier alpha value is -0.820. The molecule has 1 aromatic carbocycles. The third-order valence-corrected chi connectivity index (χ3v) is 2.37. The standard InChI is InChI=1S/C10H13N.2C2H6/c1-7-3-4-9-6-11-8(2)10(9)5-7;2*1-2/h3-5,8,11H,6H2,1-2H3;2*1-2H3. The Kier molecular flexibility index (Phi) is 7.06. The van der Waals surface area contributed by atoms with Crippen molar-refractivity contribution < 1.29 is 0 Å². The number of fused-ring (bicyclic) bond motifs is 1. The number of hydrogen-bond donors (Lipinski definition) is 1. The van der Waals surface area contributed by atoms with E-state index in [1.807, 2.05) is 27.7 Å². The summed E-state index contributed by atoms with van der Waals surface area (Å²) in [6.07, 6.45) is 0. The first kappa shape index (κ1) is 14.2. The lowest BCUT2D eigenvalue weighted by Gasteiger charge is -2.04. The van der Waals surface area contributed by atoms with Crippen LogP contribution in [0.3, 0.4) is 0 Å². The minimum absolute atomic E-state index is 0.546. The van der Waals surface area contributed by atoms with E-state index in [1.165, 1.54) is 16.7 Å². The first-order chi connectivity index (χ1) is 7.27. The van der Waals surface area contributed by atoms with Crippen molar-refractivity contribution >= 4 is 0 Å². The second kappa shape index (κ2) is 7.47. The van der Waals surface area contributed by atoms with Gasteiger partial charge in [-0.25, -0.2) is 0 Å². The second-order valence-electron chi connectivity index (χ2n) is 3.30. The van der Waals surface area contributed by atoms with Gasteiger partial charge in [-0.15, -0.1) is 0 Å². The molecule has 2 rings (SSSR count). The Labute approximate surface area is 94.9 Å². The number of nitrogens with one attached hydrogen (secondary N) is 1. The maximum atomic E-state index is 3.41. The van der Waals surface area contributed by atoms with Gasteiger partial charge in [-0.2, -0.15) is 0 Å². The number of hydrogen-bond acceptors (Lipinski definition) is 1. The SMILES string of the molecule is CC.CC.Cc1ccc2c(c1)C(C)NC2. The zero-order chi connectivity index (χ0) is 11.8. The fraction of sp³-hybridized carbons (Fsp3) is 0.571. The highest BCUT2D eigenvalue weighted by Gasteiger charge is 2.16. The van der Waals surface area contributed by atoms with Gasteiger partial charge in [-0.3, -0.25) is 0 Å². The van der Waals surface area contributed by atoms with Crippen LogP contribution in [0.2, 0.25) is 0 Å². The summed E-state index contributed by atoms with van der Waals surface area (Å²) in [6.45, 7) is 13.4. The minimum Gasteiger partial charge on any atom is -0.306 e. The van der Waals surface area contributed by atoms with Gasteiger partial charge in [-0.1, -0.05) is 51.5 Å². The Morgan fingerprint density at radius 3 is 2.33 bits per heavy atom. The van der Waals surface area contributed by atoms with E-state index in [4.69, 9.17) is 0 Å². The summed E-state index contributed by atoms with van der Waals surface area (Å²) in [5.41, 5.74) is 4.30. The molecule has 1 aliphatic heterocycles. The number of benzene rings is 1. The smallest absolute Gasteiger partial charge is 0.0298 e. The Balaban J connectivity index is 0.000000442. The summed E-state index contributed by atoms with van der Waals surface area (Å²) in [5.74, 6) is 0. The van der Waals surface area contributed by atoms with Crippen molar-refractivity contribution in [3.8, 4) is 0 Å². The van der Waals surface area contributed by atoms with Gasteiger partial charge in [0, 0.05) is 12.6 Å². The van der Waals surface area contributed by atoms with Gasteiger partial charge >= 0.3 is 0 Å². The molecule has 1 aliphatic rings. The molecule has 0 bridgehead atoms. The van der Waals surface area contributed by atoms with E-state index in [0.717, 1.165) is 6.54 Å². The highest BCUT2D eigenvalue weighted by atomic mass is 14.9. The molecule has 0 spiro atoms. The zero-order valence-electron chi connectivity index (χ0n) is 11.0. The Bertz CT molecular complexity index is 279. The quantitative estimate of drug-likeness (QED) is 0.672. The van der Waals surface area contributed by atoms with Gasteiger partial charge < -0.3 is 5.32 Å². The van der Waals surface area contributed by atoms with Crippen LogP contribution in [0.25, 0.3) is 0 Å². The van der Waals surface area contributed by atoms with Crippen molar-refractivity contribution in [2.45, 2.75) is 54.1 Å². The van der Waals surface area contributed by atoms with Crippen LogP contribution in [0.1, 0.15) is 57.4 Å². The molecule has 0 aliphatic carbocycles. The fourth-order valence-corrected chi connectivity index (χ4v) is 1.65. The first-order valence-corrected chi connectivity index (χ1v) is 6.10. The van der Waals surface area contributed by atoms with E-state index in [-0.39, 0.29) is 0 Å². The molecule has 1 nitrogen and oxygen atoms in total. The van der Waals surface area contributed by atoms with Crippen LogP contribution in [0.4, 0.5) is 0 Å². The van der Waals surface area contributed by atoms with Crippen molar-refractivity contribution in [3.05, 3.63) is 34.9 Å². The van der Waals surface area contributed by atoms with Gasteiger partial charge in [-0.05, 0) is 25.0 Å². The van der Waals surface area contributed by atoms with Crippen molar-refractivity contribution in [1.82, 2.24) is 5.32 Å². The van der Waals surface area contributed by atoms with Crippen LogP contribution in [0.15, 0.2) is 18.2 Å². The molecule has 0 fully saturated rings.